The number of nitrogens with one attached hydrogen (secondary N) is 1. The first-order valence-electron chi connectivity index (χ1n) is 11.3. The van der Waals surface area contributed by atoms with Gasteiger partial charge < -0.3 is 19.9 Å². The number of fused-ring (bicyclic) bond motifs is 3. The Morgan fingerprint density at radius 1 is 1.19 bits per heavy atom. The van der Waals surface area contributed by atoms with E-state index in [1.54, 1.807) is 13.2 Å². The Morgan fingerprint density at radius 3 is 2.81 bits per heavy atom. The summed E-state index contributed by atoms with van der Waals surface area (Å²) in [5, 5.41) is 12.2. The van der Waals surface area contributed by atoms with E-state index in [2.05, 4.69) is 32.2 Å². The average molecular weight is 433 g/mol. The van der Waals surface area contributed by atoms with Crippen LogP contribution < -0.4 is 19.9 Å². The molecule has 0 radical (unpaired) electrons. The van der Waals surface area contributed by atoms with Crippen LogP contribution in [0.5, 0.6) is 5.75 Å². The van der Waals surface area contributed by atoms with Crippen molar-refractivity contribution in [3.63, 3.8) is 0 Å². The van der Waals surface area contributed by atoms with E-state index in [9.17, 15) is 4.79 Å². The summed E-state index contributed by atoms with van der Waals surface area (Å²) in [5.74, 6) is 1.75. The zero-order valence-corrected chi connectivity index (χ0v) is 18.4. The van der Waals surface area contributed by atoms with E-state index < -0.39 is 0 Å². The number of hydrogen-bond acceptors (Lipinski definition) is 7. The Bertz CT molecular complexity index is 1060. The normalized spacial score (nSPS) is 20.8. The quantitative estimate of drug-likeness (QED) is 0.795. The number of carbonyl (C=O) groups excluding carboxylic acids is 1. The topological polar surface area (TPSA) is 84.7 Å². The van der Waals surface area contributed by atoms with Crippen LogP contribution in [0.15, 0.2) is 30.5 Å². The Balaban J connectivity index is 1.24. The molecule has 3 aliphatic heterocycles. The molecule has 2 aromatic rings. The van der Waals surface area contributed by atoms with Gasteiger partial charge in [-0.25, -0.2) is 4.98 Å². The van der Waals surface area contributed by atoms with E-state index in [0.29, 0.717) is 5.56 Å². The SMILES string of the molecule is COc1cc(C#N)ccc1N1CCN(Cc2cnc3c(c2)NC(=O)[C@@H]2CCCCN32)CC1. The summed E-state index contributed by atoms with van der Waals surface area (Å²) in [6.45, 7) is 5.30. The number of benzene rings is 1. The molecule has 2 saturated heterocycles. The van der Waals surface area contributed by atoms with E-state index in [4.69, 9.17) is 15.0 Å². The van der Waals surface area contributed by atoms with Gasteiger partial charge in [0.25, 0.3) is 0 Å². The summed E-state index contributed by atoms with van der Waals surface area (Å²) in [6.07, 6.45) is 5.07. The van der Waals surface area contributed by atoms with Crippen molar-refractivity contribution in [1.29, 1.82) is 5.26 Å². The zero-order chi connectivity index (χ0) is 22.1. The number of rotatable bonds is 4. The minimum Gasteiger partial charge on any atom is -0.495 e. The molecule has 1 aromatic carbocycles. The van der Waals surface area contributed by atoms with Crippen LogP contribution in [0.3, 0.4) is 0 Å². The molecule has 1 atom stereocenters. The van der Waals surface area contributed by atoms with Gasteiger partial charge in [0.15, 0.2) is 5.82 Å². The summed E-state index contributed by atoms with van der Waals surface area (Å²) in [5.41, 5.74) is 3.59. The number of carbonyl (C=O) groups is 1. The highest BCUT2D eigenvalue weighted by molar-refractivity contribution is 6.02. The number of piperazine rings is 1. The van der Waals surface area contributed by atoms with E-state index in [0.717, 1.165) is 87.0 Å². The minimum atomic E-state index is -0.0677. The van der Waals surface area contributed by atoms with Gasteiger partial charge in [-0.05, 0) is 43.0 Å². The van der Waals surface area contributed by atoms with Crippen molar-refractivity contribution in [3.8, 4) is 11.8 Å². The van der Waals surface area contributed by atoms with E-state index in [-0.39, 0.29) is 11.9 Å². The first kappa shape index (κ1) is 20.6. The monoisotopic (exact) mass is 432 g/mol. The molecule has 0 unspecified atom stereocenters. The molecule has 1 amide bonds. The average Bonchev–Trinajstić information content (AvgIpc) is 2.84. The molecular formula is C24H28N6O2. The predicted molar refractivity (Wildman–Crippen MR) is 123 cm³/mol. The first-order valence-corrected chi connectivity index (χ1v) is 11.3. The Hall–Kier alpha value is -3.31. The Morgan fingerprint density at radius 2 is 2.03 bits per heavy atom. The maximum Gasteiger partial charge on any atom is 0.247 e. The molecule has 0 aliphatic carbocycles. The van der Waals surface area contributed by atoms with Gasteiger partial charge in [-0.15, -0.1) is 0 Å². The molecule has 1 aromatic heterocycles. The van der Waals surface area contributed by atoms with Gasteiger partial charge in [-0.1, -0.05) is 0 Å². The van der Waals surface area contributed by atoms with Crippen LogP contribution in [0.1, 0.15) is 30.4 Å². The number of methoxy groups -OCH3 is 1. The molecule has 32 heavy (non-hydrogen) atoms. The maximum absolute atomic E-state index is 12.5. The van der Waals surface area contributed by atoms with Gasteiger partial charge in [0.2, 0.25) is 5.91 Å². The number of hydrogen-bond donors (Lipinski definition) is 1. The van der Waals surface area contributed by atoms with Crippen molar-refractivity contribution in [3.05, 3.63) is 41.6 Å². The third kappa shape index (κ3) is 3.84. The molecule has 8 heteroatoms. The van der Waals surface area contributed by atoms with E-state index in [1.165, 1.54) is 0 Å². The second-order valence-electron chi connectivity index (χ2n) is 8.67. The number of amides is 1. The van der Waals surface area contributed by atoms with Gasteiger partial charge in [0.1, 0.15) is 11.8 Å². The highest BCUT2D eigenvalue weighted by Gasteiger charge is 2.35. The second kappa shape index (κ2) is 8.67. The fraction of sp³-hybridized carbons (Fsp3) is 0.458. The summed E-state index contributed by atoms with van der Waals surface area (Å²) in [4.78, 5) is 24.2. The molecule has 2 fully saturated rings. The van der Waals surface area contributed by atoms with Crippen LogP contribution >= 0.6 is 0 Å². The number of pyridine rings is 1. The van der Waals surface area contributed by atoms with Gasteiger partial charge in [-0.3, -0.25) is 9.69 Å². The third-order valence-electron chi connectivity index (χ3n) is 6.69. The lowest BCUT2D eigenvalue weighted by atomic mass is 9.99. The molecule has 1 N–H and O–H groups in total. The molecule has 8 nitrogen and oxygen atoms in total. The van der Waals surface area contributed by atoms with Gasteiger partial charge in [0.05, 0.1) is 30.1 Å². The smallest absolute Gasteiger partial charge is 0.247 e. The van der Waals surface area contributed by atoms with Crippen molar-refractivity contribution >= 4 is 23.1 Å². The largest absolute Gasteiger partial charge is 0.495 e. The van der Waals surface area contributed by atoms with Gasteiger partial charge in [-0.2, -0.15) is 5.26 Å². The number of nitrogens with zero attached hydrogens (tertiary/aromatic N) is 5. The van der Waals surface area contributed by atoms with E-state index >= 15 is 0 Å². The van der Waals surface area contributed by atoms with Crippen molar-refractivity contribution in [2.45, 2.75) is 31.8 Å². The van der Waals surface area contributed by atoms with Crippen LogP contribution in [-0.2, 0) is 11.3 Å². The lowest BCUT2D eigenvalue weighted by Gasteiger charge is -2.40. The lowest BCUT2D eigenvalue weighted by molar-refractivity contribution is -0.118. The molecule has 3 aliphatic rings. The molecule has 0 saturated carbocycles. The molecule has 0 spiro atoms. The van der Waals surface area contributed by atoms with Crippen molar-refractivity contribution in [1.82, 2.24) is 9.88 Å². The fourth-order valence-corrected chi connectivity index (χ4v) is 5.00. The zero-order valence-electron chi connectivity index (χ0n) is 18.4. The van der Waals surface area contributed by atoms with E-state index in [1.807, 2.05) is 18.3 Å². The van der Waals surface area contributed by atoms with Gasteiger partial charge in [0, 0.05) is 51.5 Å². The summed E-state index contributed by atoms with van der Waals surface area (Å²) >= 11 is 0. The third-order valence-corrected chi connectivity index (χ3v) is 6.69. The van der Waals surface area contributed by atoms with Crippen LogP contribution in [-0.4, -0.2) is 61.7 Å². The van der Waals surface area contributed by atoms with Gasteiger partial charge >= 0.3 is 0 Å². The standard InChI is InChI=1S/C24H28N6O2/c1-32-22-13-17(14-25)5-6-20(22)29-10-8-28(9-11-29)16-18-12-19-23(26-15-18)30-7-3-2-4-21(30)24(31)27-19/h5-6,12-13,15,21H,2-4,7-11,16H2,1H3,(H,27,31)/t21-/m0/s1. The molecule has 5 rings (SSSR count). The lowest BCUT2D eigenvalue weighted by Crippen LogP contribution is -2.51. The number of nitriles is 1. The number of ether oxygens (including phenoxy) is 1. The predicted octanol–water partition coefficient (Wildman–Crippen LogP) is 2.60. The highest BCUT2D eigenvalue weighted by Crippen LogP contribution is 2.35. The summed E-state index contributed by atoms with van der Waals surface area (Å²) in [6, 6.07) is 9.78. The second-order valence-corrected chi connectivity index (χ2v) is 8.67. The van der Waals surface area contributed by atoms with Crippen LogP contribution in [0, 0.1) is 11.3 Å². The van der Waals surface area contributed by atoms with Crippen molar-refractivity contribution in [2.24, 2.45) is 0 Å². The van der Waals surface area contributed by atoms with Crippen molar-refractivity contribution in [2.75, 3.05) is 55.0 Å². The number of aromatic nitrogens is 1. The van der Waals surface area contributed by atoms with Crippen LogP contribution in [0.25, 0.3) is 0 Å². The van der Waals surface area contributed by atoms with Crippen LogP contribution in [0.2, 0.25) is 0 Å². The maximum atomic E-state index is 12.5. The highest BCUT2D eigenvalue weighted by atomic mass is 16.5. The summed E-state index contributed by atoms with van der Waals surface area (Å²) < 4.78 is 5.51. The first-order chi connectivity index (χ1) is 15.7. The molecule has 0 bridgehead atoms. The minimum absolute atomic E-state index is 0.0677. The molecular weight excluding hydrogens is 404 g/mol. The Labute approximate surface area is 188 Å². The fourth-order valence-electron chi connectivity index (χ4n) is 5.00. The molecule has 166 valence electrons. The number of anilines is 3. The number of piperidine rings is 1. The summed E-state index contributed by atoms with van der Waals surface area (Å²) in [7, 11) is 1.64. The molecule has 4 heterocycles. The van der Waals surface area contributed by atoms with Crippen LogP contribution in [0.4, 0.5) is 17.2 Å². The van der Waals surface area contributed by atoms with Crippen molar-refractivity contribution < 1.29 is 9.53 Å². The Kier molecular flexibility index (Phi) is 5.58.